The van der Waals surface area contributed by atoms with Crippen LogP contribution >= 0.6 is 11.6 Å². The number of fused-ring (bicyclic) bond motifs is 1. The summed E-state index contributed by atoms with van der Waals surface area (Å²) in [7, 11) is -1.79. The number of hydrogen-bond acceptors (Lipinski definition) is 4. The van der Waals surface area contributed by atoms with E-state index in [9.17, 15) is 13.2 Å². The molecule has 2 fully saturated rings. The summed E-state index contributed by atoms with van der Waals surface area (Å²) in [6.07, 6.45) is 1.15. The molecule has 4 rings (SSSR count). The van der Waals surface area contributed by atoms with E-state index in [0.717, 1.165) is 11.3 Å². The van der Waals surface area contributed by atoms with Crippen LogP contribution in [0, 0.1) is 5.92 Å². The summed E-state index contributed by atoms with van der Waals surface area (Å²) >= 11 is 5.91. The number of carbonyl (C=O) groups excluding carboxylic acids is 1. The minimum Gasteiger partial charge on any atom is -0.497 e. The van der Waals surface area contributed by atoms with Gasteiger partial charge in [-0.2, -0.15) is 4.31 Å². The molecule has 2 aromatic carbocycles. The second-order valence-electron chi connectivity index (χ2n) is 7.86. The Hall–Kier alpha value is -2.09. The van der Waals surface area contributed by atoms with Crippen LogP contribution in [0.1, 0.15) is 28.8 Å². The zero-order valence-corrected chi connectivity index (χ0v) is 18.4. The number of rotatable bonds is 4. The maximum absolute atomic E-state index is 13.2. The van der Waals surface area contributed by atoms with Gasteiger partial charge in [0.15, 0.2) is 0 Å². The summed E-state index contributed by atoms with van der Waals surface area (Å²) in [5.74, 6) is 0.717. The summed E-state index contributed by atoms with van der Waals surface area (Å²) < 4.78 is 33.1. The van der Waals surface area contributed by atoms with Gasteiger partial charge in [-0.15, -0.1) is 0 Å². The average molecular weight is 449 g/mol. The molecule has 30 heavy (non-hydrogen) atoms. The van der Waals surface area contributed by atoms with Crippen molar-refractivity contribution in [2.45, 2.75) is 24.6 Å². The molecule has 8 heteroatoms. The standard InChI is InChI=1S/C22H25ClN2O4S/c1-29-20-8-2-16(3-9-20)14-25-15-18-10-12-24(13-11-21(18)30(25,27)28)22(26)17-4-6-19(23)7-5-17/h2-9,18,21H,10-15H2,1H3/t18-,21-/m0/s1. The molecule has 0 saturated carbocycles. The summed E-state index contributed by atoms with van der Waals surface area (Å²) in [6, 6.07) is 14.3. The SMILES string of the molecule is COc1ccc(CN2C[C@@H]3CCN(C(=O)c4ccc(Cl)cc4)CC[C@@H]3S2(=O)=O)cc1. The normalized spacial score (nSPS) is 23.6. The number of benzene rings is 2. The highest BCUT2D eigenvalue weighted by Crippen LogP contribution is 2.35. The van der Waals surface area contributed by atoms with Crippen molar-refractivity contribution in [1.82, 2.24) is 9.21 Å². The van der Waals surface area contributed by atoms with Gasteiger partial charge in [-0.25, -0.2) is 8.42 Å². The number of likely N-dealkylation sites (tertiary alicyclic amines) is 1. The number of methoxy groups -OCH3 is 1. The minimum atomic E-state index is -3.40. The number of ether oxygens (including phenoxy) is 1. The lowest BCUT2D eigenvalue weighted by Gasteiger charge is -2.22. The zero-order chi connectivity index (χ0) is 21.3. The topological polar surface area (TPSA) is 66.9 Å². The van der Waals surface area contributed by atoms with Crippen molar-refractivity contribution in [2.24, 2.45) is 5.92 Å². The molecule has 0 spiro atoms. The molecule has 2 atom stereocenters. The highest BCUT2D eigenvalue weighted by molar-refractivity contribution is 7.90. The predicted molar refractivity (Wildman–Crippen MR) is 116 cm³/mol. The third-order valence-corrected chi connectivity index (χ3v) is 8.69. The Kier molecular flexibility index (Phi) is 6.04. The Bertz CT molecular complexity index is 1010. The number of carbonyl (C=O) groups is 1. The molecule has 0 aliphatic carbocycles. The fourth-order valence-electron chi connectivity index (χ4n) is 4.36. The third kappa shape index (κ3) is 4.19. The molecule has 2 aliphatic rings. The van der Waals surface area contributed by atoms with Crippen molar-refractivity contribution >= 4 is 27.5 Å². The van der Waals surface area contributed by atoms with Crippen LogP contribution in [-0.2, 0) is 16.6 Å². The van der Waals surface area contributed by atoms with Gasteiger partial charge in [0.1, 0.15) is 5.75 Å². The van der Waals surface area contributed by atoms with Gasteiger partial charge in [0.2, 0.25) is 10.0 Å². The van der Waals surface area contributed by atoms with Crippen LogP contribution < -0.4 is 4.74 Å². The lowest BCUT2D eigenvalue weighted by Crippen LogP contribution is -2.34. The summed E-state index contributed by atoms with van der Waals surface area (Å²) in [5.41, 5.74) is 1.52. The summed E-state index contributed by atoms with van der Waals surface area (Å²) in [5, 5.41) is 0.152. The predicted octanol–water partition coefficient (Wildman–Crippen LogP) is 3.42. The first-order valence-electron chi connectivity index (χ1n) is 10.0. The van der Waals surface area contributed by atoms with E-state index in [0.29, 0.717) is 49.6 Å². The third-order valence-electron chi connectivity index (χ3n) is 6.06. The lowest BCUT2D eigenvalue weighted by molar-refractivity contribution is 0.0759. The van der Waals surface area contributed by atoms with Crippen LogP contribution in [0.25, 0.3) is 0 Å². The zero-order valence-electron chi connectivity index (χ0n) is 16.8. The van der Waals surface area contributed by atoms with E-state index >= 15 is 0 Å². The van der Waals surface area contributed by atoms with Crippen molar-refractivity contribution in [1.29, 1.82) is 0 Å². The molecule has 2 heterocycles. The Morgan fingerprint density at radius 3 is 2.40 bits per heavy atom. The first-order chi connectivity index (χ1) is 14.4. The smallest absolute Gasteiger partial charge is 0.253 e. The van der Waals surface area contributed by atoms with Gasteiger partial charge in [-0.3, -0.25) is 4.79 Å². The fraction of sp³-hybridized carbons (Fsp3) is 0.409. The Morgan fingerprint density at radius 1 is 1.07 bits per heavy atom. The molecular weight excluding hydrogens is 424 g/mol. The number of amides is 1. The number of nitrogens with zero attached hydrogens (tertiary/aromatic N) is 2. The molecule has 0 N–H and O–H groups in total. The fourth-order valence-corrected chi connectivity index (χ4v) is 6.71. The van der Waals surface area contributed by atoms with Crippen LogP contribution in [-0.4, -0.2) is 55.5 Å². The Balaban J connectivity index is 1.44. The first kappa shape index (κ1) is 21.2. The van der Waals surface area contributed by atoms with E-state index < -0.39 is 15.3 Å². The van der Waals surface area contributed by atoms with E-state index in [4.69, 9.17) is 16.3 Å². The maximum Gasteiger partial charge on any atom is 0.253 e. The van der Waals surface area contributed by atoms with Gasteiger partial charge >= 0.3 is 0 Å². The Labute approximate surface area is 182 Å². The molecular formula is C22H25ClN2O4S. The highest BCUT2D eigenvalue weighted by Gasteiger charge is 2.47. The van der Waals surface area contributed by atoms with Crippen molar-refractivity contribution in [2.75, 3.05) is 26.7 Å². The molecule has 0 aromatic heterocycles. The summed E-state index contributed by atoms with van der Waals surface area (Å²) in [6.45, 7) is 1.88. The first-order valence-corrected chi connectivity index (χ1v) is 11.9. The molecule has 160 valence electrons. The van der Waals surface area contributed by atoms with E-state index in [2.05, 4.69) is 0 Å². The second kappa shape index (κ2) is 8.57. The van der Waals surface area contributed by atoms with Crippen molar-refractivity contribution in [3.05, 3.63) is 64.7 Å². The number of sulfonamides is 1. The Morgan fingerprint density at radius 2 is 1.73 bits per heavy atom. The second-order valence-corrected chi connectivity index (χ2v) is 10.4. The van der Waals surface area contributed by atoms with Gasteiger partial charge in [0.25, 0.3) is 5.91 Å². The van der Waals surface area contributed by atoms with Gasteiger partial charge in [0, 0.05) is 36.8 Å². The van der Waals surface area contributed by atoms with Crippen molar-refractivity contribution in [3.63, 3.8) is 0 Å². The van der Waals surface area contributed by atoms with E-state index in [1.807, 2.05) is 24.3 Å². The minimum absolute atomic E-state index is 0.0382. The van der Waals surface area contributed by atoms with E-state index in [1.165, 1.54) is 0 Å². The van der Waals surface area contributed by atoms with E-state index in [-0.39, 0.29) is 11.8 Å². The lowest BCUT2D eigenvalue weighted by atomic mass is 10.0. The quantitative estimate of drug-likeness (QED) is 0.718. The van der Waals surface area contributed by atoms with Crippen LogP contribution in [0.2, 0.25) is 5.02 Å². The van der Waals surface area contributed by atoms with Gasteiger partial charge in [0.05, 0.1) is 12.4 Å². The van der Waals surface area contributed by atoms with Gasteiger partial charge in [-0.05, 0) is 60.7 Å². The summed E-state index contributed by atoms with van der Waals surface area (Å²) in [4.78, 5) is 14.6. The average Bonchev–Trinajstić information content (AvgIpc) is 2.88. The largest absolute Gasteiger partial charge is 0.497 e. The van der Waals surface area contributed by atoms with Crippen molar-refractivity contribution in [3.8, 4) is 5.75 Å². The maximum atomic E-state index is 13.2. The van der Waals surface area contributed by atoms with Crippen LogP contribution in [0.4, 0.5) is 0 Å². The van der Waals surface area contributed by atoms with Gasteiger partial charge in [-0.1, -0.05) is 23.7 Å². The van der Waals surface area contributed by atoms with Crippen molar-refractivity contribution < 1.29 is 17.9 Å². The monoisotopic (exact) mass is 448 g/mol. The molecule has 6 nitrogen and oxygen atoms in total. The molecule has 0 bridgehead atoms. The molecule has 0 unspecified atom stereocenters. The molecule has 1 amide bonds. The van der Waals surface area contributed by atoms with Crippen LogP contribution in [0.3, 0.4) is 0 Å². The van der Waals surface area contributed by atoms with Gasteiger partial charge < -0.3 is 9.64 Å². The van der Waals surface area contributed by atoms with Crippen LogP contribution in [0.15, 0.2) is 48.5 Å². The van der Waals surface area contributed by atoms with E-state index in [1.54, 1.807) is 40.6 Å². The molecule has 2 saturated heterocycles. The molecule has 2 aromatic rings. The number of halogens is 1. The number of hydrogen-bond donors (Lipinski definition) is 0. The van der Waals surface area contributed by atoms with Crippen LogP contribution in [0.5, 0.6) is 5.75 Å². The highest BCUT2D eigenvalue weighted by atomic mass is 35.5. The molecule has 0 radical (unpaired) electrons. The molecule has 2 aliphatic heterocycles.